The molecule has 2 aliphatic rings. The molecule has 0 bridgehead atoms. The molecule has 172 valence electrons. The van der Waals surface area contributed by atoms with Crippen molar-refractivity contribution in [2.45, 2.75) is 19.8 Å². The zero-order valence-corrected chi connectivity index (χ0v) is 18.8. The fourth-order valence-corrected chi connectivity index (χ4v) is 4.03. The number of esters is 3. The van der Waals surface area contributed by atoms with E-state index in [-0.39, 0.29) is 36.0 Å². The predicted octanol–water partition coefficient (Wildman–Crippen LogP) is 2.10. The number of nitrogens with zero attached hydrogens (tertiary/aromatic N) is 1. The average molecular weight is 447 g/mol. The third-order valence-corrected chi connectivity index (χ3v) is 5.51. The van der Waals surface area contributed by atoms with Crippen LogP contribution < -0.4 is 9.47 Å². The molecule has 0 unspecified atom stereocenters. The molecule has 10 nitrogen and oxygen atoms in total. The summed E-state index contributed by atoms with van der Waals surface area (Å²) in [5.74, 6) is -2.51. The van der Waals surface area contributed by atoms with Crippen LogP contribution in [0.2, 0.25) is 0 Å². The fourth-order valence-electron chi connectivity index (χ4n) is 4.03. The zero-order chi connectivity index (χ0) is 23.6. The van der Waals surface area contributed by atoms with Gasteiger partial charge in [-0.1, -0.05) is 6.07 Å². The van der Waals surface area contributed by atoms with Gasteiger partial charge in [0.25, 0.3) is 0 Å². The first-order chi connectivity index (χ1) is 15.3. The van der Waals surface area contributed by atoms with Crippen LogP contribution in [0.15, 0.2) is 34.7 Å². The van der Waals surface area contributed by atoms with E-state index in [4.69, 9.17) is 28.4 Å². The van der Waals surface area contributed by atoms with E-state index < -0.39 is 23.8 Å². The molecule has 32 heavy (non-hydrogen) atoms. The third-order valence-electron chi connectivity index (χ3n) is 5.51. The number of rotatable bonds is 6. The Balaban J connectivity index is 2.39. The van der Waals surface area contributed by atoms with Gasteiger partial charge in [0.1, 0.15) is 12.3 Å². The van der Waals surface area contributed by atoms with E-state index in [1.54, 1.807) is 30.9 Å². The van der Waals surface area contributed by atoms with Gasteiger partial charge in [0, 0.05) is 18.5 Å². The van der Waals surface area contributed by atoms with Crippen LogP contribution >= 0.6 is 0 Å². The third kappa shape index (κ3) is 3.66. The summed E-state index contributed by atoms with van der Waals surface area (Å²) in [7, 11) is 5.21. The maximum absolute atomic E-state index is 13.0. The maximum atomic E-state index is 13.0. The van der Waals surface area contributed by atoms with Crippen LogP contribution in [0.3, 0.4) is 0 Å². The van der Waals surface area contributed by atoms with Crippen LogP contribution in [0.25, 0.3) is 0 Å². The minimum Gasteiger partial charge on any atom is -0.466 e. The summed E-state index contributed by atoms with van der Waals surface area (Å²) in [6.45, 7) is 3.42. The molecule has 0 radical (unpaired) electrons. The molecule has 2 aliphatic heterocycles. The van der Waals surface area contributed by atoms with Crippen LogP contribution in [0.4, 0.5) is 0 Å². The molecule has 0 atom stereocenters. The topological polar surface area (TPSA) is 110 Å². The van der Waals surface area contributed by atoms with Crippen molar-refractivity contribution in [1.82, 2.24) is 4.90 Å². The second kappa shape index (κ2) is 9.31. The van der Waals surface area contributed by atoms with Gasteiger partial charge in [0.15, 0.2) is 11.5 Å². The first kappa shape index (κ1) is 23.1. The van der Waals surface area contributed by atoms with Crippen molar-refractivity contribution in [3.05, 3.63) is 45.8 Å². The molecule has 0 aliphatic carbocycles. The smallest absolute Gasteiger partial charge is 0.342 e. The van der Waals surface area contributed by atoms with Gasteiger partial charge in [-0.05, 0) is 25.5 Å². The Morgan fingerprint density at radius 3 is 1.97 bits per heavy atom. The number of ether oxygens (including phenoxy) is 6. The summed E-state index contributed by atoms with van der Waals surface area (Å²) < 4.78 is 31.3. The monoisotopic (exact) mass is 447 g/mol. The molecule has 2 heterocycles. The van der Waals surface area contributed by atoms with Crippen molar-refractivity contribution in [3.63, 3.8) is 0 Å². The summed E-state index contributed by atoms with van der Waals surface area (Å²) in [5.41, 5.74) is 1.68. The number of hydrogen-bond donors (Lipinski definition) is 0. The van der Waals surface area contributed by atoms with Crippen molar-refractivity contribution in [1.29, 1.82) is 0 Å². The van der Waals surface area contributed by atoms with Gasteiger partial charge < -0.3 is 33.3 Å². The number of hydrogen-bond acceptors (Lipinski definition) is 10. The molecule has 10 heteroatoms. The first-order valence-electron chi connectivity index (χ1n) is 9.67. The Hall–Kier alpha value is -3.53. The fraction of sp³-hybridized carbons (Fsp3) is 0.409. The van der Waals surface area contributed by atoms with Crippen molar-refractivity contribution in [2.24, 2.45) is 0 Å². The molecule has 0 aromatic heterocycles. The number of benzene rings is 1. The molecule has 0 N–H and O–H groups in total. The Morgan fingerprint density at radius 2 is 1.47 bits per heavy atom. The van der Waals surface area contributed by atoms with Gasteiger partial charge in [-0.2, -0.15) is 0 Å². The minimum atomic E-state index is -0.994. The number of carbonyl (C=O) groups excluding carboxylic acids is 3. The Morgan fingerprint density at radius 1 is 0.906 bits per heavy atom. The quantitative estimate of drug-likeness (QED) is 0.475. The lowest BCUT2D eigenvalue weighted by atomic mass is 9.77. The highest BCUT2D eigenvalue weighted by atomic mass is 16.7. The summed E-state index contributed by atoms with van der Waals surface area (Å²) in [6.07, 6.45) is 0. The summed E-state index contributed by atoms with van der Waals surface area (Å²) in [5, 5.41) is 0. The van der Waals surface area contributed by atoms with Crippen LogP contribution in [-0.4, -0.2) is 64.8 Å². The average Bonchev–Trinajstić information content (AvgIpc) is 3.28. The minimum absolute atomic E-state index is 0.0519. The molecule has 0 spiro atoms. The van der Waals surface area contributed by atoms with Crippen molar-refractivity contribution >= 4 is 17.9 Å². The summed E-state index contributed by atoms with van der Waals surface area (Å²) in [6, 6.07) is 3.21. The normalized spacial score (nSPS) is 15.8. The highest BCUT2D eigenvalue weighted by Crippen LogP contribution is 2.48. The highest BCUT2D eigenvalue weighted by Gasteiger charge is 2.43. The SMILES string of the molecule is COCN1C(C)=C(C(=O)OC)C(c2ccc3c(c2C(=O)OC)OCO3)C(C(=O)OC)=C1C. The van der Waals surface area contributed by atoms with Crippen LogP contribution in [0.1, 0.15) is 35.7 Å². The van der Waals surface area contributed by atoms with E-state index in [0.29, 0.717) is 22.7 Å². The highest BCUT2D eigenvalue weighted by molar-refractivity contribution is 6.03. The van der Waals surface area contributed by atoms with E-state index in [0.717, 1.165) is 0 Å². The Bertz CT molecular complexity index is 984. The van der Waals surface area contributed by atoms with E-state index in [9.17, 15) is 14.4 Å². The molecule has 1 aromatic carbocycles. The summed E-state index contributed by atoms with van der Waals surface area (Å²) >= 11 is 0. The molecule has 1 aromatic rings. The van der Waals surface area contributed by atoms with E-state index in [2.05, 4.69) is 0 Å². The van der Waals surface area contributed by atoms with Crippen LogP contribution in [0, 0.1) is 0 Å². The second-order valence-electron chi connectivity index (χ2n) is 7.02. The summed E-state index contributed by atoms with van der Waals surface area (Å²) in [4.78, 5) is 40.4. The van der Waals surface area contributed by atoms with E-state index in [1.807, 2.05) is 0 Å². The molecule has 3 rings (SSSR count). The number of allylic oxidation sites excluding steroid dienone is 2. The second-order valence-corrected chi connectivity index (χ2v) is 7.02. The predicted molar refractivity (Wildman–Crippen MR) is 110 cm³/mol. The number of carbonyl (C=O) groups is 3. The van der Waals surface area contributed by atoms with E-state index in [1.165, 1.54) is 28.4 Å². The van der Waals surface area contributed by atoms with Crippen LogP contribution in [0.5, 0.6) is 11.5 Å². The largest absolute Gasteiger partial charge is 0.466 e. The van der Waals surface area contributed by atoms with Gasteiger partial charge in [-0.15, -0.1) is 0 Å². The molecular formula is C22H25NO9. The number of methoxy groups -OCH3 is 4. The standard InChI is InChI=1S/C22H25NO9/c1-11-15(20(24)28-4)17(16(21(25)29-5)12(2)23(11)9-27-3)13-7-8-14-19(32-10-31-14)18(13)22(26)30-6/h7-8,17H,9-10H2,1-6H3. The molecule has 0 saturated carbocycles. The first-order valence-corrected chi connectivity index (χ1v) is 9.67. The molecule has 0 saturated heterocycles. The lowest BCUT2D eigenvalue weighted by Gasteiger charge is -2.37. The van der Waals surface area contributed by atoms with Gasteiger partial charge in [-0.3, -0.25) is 0 Å². The molecule has 0 fully saturated rings. The van der Waals surface area contributed by atoms with Crippen molar-refractivity contribution in [3.8, 4) is 11.5 Å². The lowest BCUT2D eigenvalue weighted by Crippen LogP contribution is -2.36. The molecular weight excluding hydrogens is 422 g/mol. The van der Waals surface area contributed by atoms with Gasteiger partial charge in [-0.25, -0.2) is 14.4 Å². The van der Waals surface area contributed by atoms with Gasteiger partial charge in [0.2, 0.25) is 6.79 Å². The van der Waals surface area contributed by atoms with E-state index >= 15 is 0 Å². The Kier molecular flexibility index (Phi) is 6.73. The zero-order valence-electron chi connectivity index (χ0n) is 18.8. The Labute approximate surface area is 185 Å². The maximum Gasteiger partial charge on any atom is 0.342 e. The lowest BCUT2D eigenvalue weighted by molar-refractivity contribution is -0.137. The van der Waals surface area contributed by atoms with Gasteiger partial charge in [0.05, 0.1) is 38.4 Å². The van der Waals surface area contributed by atoms with Gasteiger partial charge >= 0.3 is 17.9 Å². The van der Waals surface area contributed by atoms with Crippen molar-refractivity contribution < 1.29 is 42.8 Å². The molecule has 0 amide bonds. The van der Waals surface area contributed by atoms with Crippen LogP contribution in [-0.2, 0) is 28.5 Å². The van der Waals surface area contributed by atoms with Crippen molar-refractivity contribution in [2.75, 3.05) is 42.0 Å². The number of fused-ring (bicyclic) bond motifs is 1.